The first-order valence-corrected chi connectivity index (χ1v) is 10.2. The summed E-state index contributed by atoms with van der Waals surface area (Å²) in [6.45, 7) is 7.39. The first-order valence-electron chi connectivity index (χ1n) is 10.2. The maximum atomic E-state index is 6.64. The van der Waals surface area contributed by atoms with Crippen LogP contribution in [0.2, 0.25) is 0 Å². The predicted octanol–water partition coefficient (Wildman–Crippen LogP) is 3.05. The third-order valence-corrected chi connectivity index (χ3v) is 5.65. The zero-order valence-electron chi connectivity index (χ0n) is 16.5. The monoisotopic (exact) mass is 366 g/mol. The van der Waals surface area contributed by atoms with Crippen molar-refractivity contribution in [1.29, 1.82) is 0 Å². The summed E-state index contributed by atoms with van der Waals surface area (Å²) < 4.78 is 0. The molecule has 0 aliphatic carbocycles. The molecule has 1 aliphatic rings. The van der Waals surface area contributed by atoms with Crippen LogP contribution in [-0.2, 0) is 0 Å². The van der Waals surface area contributed by atoms with E-state index in [-0.39, 0.29) is 12.1 Å². The molecule has 1 fully saturated rings. The lowest BCUT2D eigenvalue weighted by atomic mass is 9.88. The van der Waals surface area contributed by atoms with Crippen molar-refractivity contribution in [2.24, 2.45) is 11.5 Å². The van der Waals surface area contributed by atoms with Gasteiger partial charge in [-0.25, -0.2) is 0 Å². The first-order chi connectivity index (χ1) is 13.1. The van der Waals surface area contributed by atoms with Gasteiger partial charge in [-0.15, -0.1) is 0 Å². The van der Waals surface area contributed by atoms with E-state index in [1.54, 1.807) is 0 Å². The first kappa shape index (κ1) is 19.9. The highest BCUT2D eigenvalue weighted by Gasteiger charge is 2.25. The van der Waals surface area contributed by atoms with Crippen LogP contribution in [0.25, 0.3) is 0 Å². The van der Waals surface area contributed by atoms with Crippen LogP contribution in [0.15, 0.2) is 60.7 Å². The second kappa shape index (κ2) is 9.88. The summed E-state index contributed by atoms with van der Waals surface area (Å²) >= 11 is 0. The Kier molecular flexibility index (Phi) is 7.27. The number of piperazine rings is 1. The van der Waals surface area contributed by atoms with Crippen molar-refractivity contribution in [3.63, 3.8) is 0 Å². The van der Waals surface area contributed by atoms with Gasteiger partial charge in [-0.2, -0.15) is 0 Å². The Bertz CT molecular complexity index is 651. The van der Waals surface area contributed by atoms with Gasteiger partial charge in [-0.1, -0.05) is 48.5 Å². The minimum Gasteiger partial charge on any atom is -0.369 e. The molecular formula is C23H34N4. The molecule has 0 aromatic heterocycles. The average molecular weight is 367 g/mol. The molecule has 2 aromatic rings. The molecule has 4 N–H and O–H groups in total. The van der Waals surface area contributed by atoms with Crippen molar-refractivity contribution in [1.82, 2.24) is 4.90 Å². The van der Waals surface area contributed by atoms with E-state index in [1.165, 1.54) is 11.3 Å². The molecule has 3 atom stereocenters. The number of benzene rings is 2. The van der Waals surface area contributed by atoms with Gasteiger partial charge in [0, 0.05) is 56.4 Å². The molecule has 0 bridgehead atoms. The van der Waals surface area contributed by atoms with Gasteiger partial charge in [0.2, 0.25) is 0 Å². The Labute approximate surface area is 164 Å². The molecule has 0 spiro atoms. The van der Waals surface area contributed by atoms with Crippen LogP contribution in [0.5, 0.6) is 0 Å². The van der Waals surface area contributed by atoms with E-state index >= 15 is 0 Å². The Morgan fingerprint density at radius 1 is 0.815 bits per heavy atom. The Balaban J connectivity index is 1.61. The van der Waals surface area contributed by atoms with Gasteiger partial charge in [-0.3, -0.25) is 4.90 Å². The molecule has 0 saturated carbocycles. The highest BCUT2D eigenvalue weighted by Crippen LogP contribution is 2.24. The fourth-order valence-corrected chi connectivity index (χ4v) is 3.95. The lowest BCUT2D eigenvalue weighted by molar-refractivity contribution is 0.228. The molecule has 0 amide bonds. The number of nitrogens with zero attached hydrogens (tertiary/aromatic N) is 2. The molecule has 3 unspecified atom stereocenters. The van der Waals surface area contributed by atoms with Crippen molar-refractivity contribution in [2.45, 2.75) is 37.8 Å². The van der Waals surface area contributed by atoms with E-state index in [2.05, 4.69) is 77.4 Å². The van der Waals surface area contributed by atoms with E-state index in [0.29, 0.717) is 5.92 Å². The summed E-state index contributed by atoms with van der Waals surface area (Å²) in [5, 5.41) is 0. The molecule has 27 heavy (non-hydrogen) atoms. The van der Waals surface area contributed by atoms with Crippen molar-refractivity contribution in [3.05, 3.63) is 66.2 Å². The van der Waals surface area contributed by atoms with E-state index < -0.39 is 0 Å². The fraction of sp³-hybridized carbons (Fsp3) is 0.478. The molecular weight excluding hydrogens is 332 g/mol. The van der Waals surface area contributed by atoms with Crippen molar-refractivity contribution >= 4 is 5.69 Å². The number of hydrogen-bond donors (Lipinski definition) is 2. The van der Waals surface area contributed by atoms with Crippen LogP contribution in [-0.4, -0.2) is 49.7 Å². The summed E-state index contributed by atoms with van der Waals surface area (Å²) in [4.78, 5) is 5.05. The standard InChI is InChI=1S/C23H34N4/c1-19(24)12-13-23(25)22(20-8-4-2-5-9-20)18-26-14-16-27(17-15-26)21-10-6-3-7-11-21/h2-11,19,22-23H,12-18,24-25H2,1H3. The Morgan fingerprint density at radius 3 is 2.00 bits per heavy atom. The number of anilines is 1. The molecule has 4 nitrogen and oxygen atoms in total. The largest absolute Gasteiger partial charge is 0.369 e. The van der Waals surface area contributed by atoms with Gasteiger partial charge in [0.25, 0.3) is 0 Å². The smallest absolute Gasteiger partial charge is 0.0367 e. The average Bonchev–Trinajstić information content (AvgIpc) is 2.72. The Hall–Kier alpha value is -1.88. The second-order valence-electron chi connectivity index (χ2n) is 7.86. The van der Waals surface area contributed by atoms with E-state index in [0.717, 1.165) is 45.6 Å². The van der Waals surface area contributed by atoms with Crippen LogP contribution in [0.1, 0.15) is 31.2 Å². The maximum absolute atomic E-state index is 6.64. The second-order valence-corrected chi connectivity index (χ2v) is 7.86. The summed E-state index contributed by atoms with van der Waals surface area (Å²) in [5.74, 6) is 0.355. The molecule has 0 radical (unpaired) electrons. The summed E-state index contributed by atoms with van der Waals surface area (Å²) in [6, 6.07) is 21.8. The SMILES string of the molecule is CC(N)CCC(N)C(CN1CCN(c2ccccc2)CC1)c1ccccc1. The van der Waals surface area contributed by atoms with Crippen LogP contribution in [0.3, 0.4) is 0 Å². The van der Waals surface area contributed by atoms with Crippen molar-refractivity contribution < 1.29 is 0 Å². The van der Waals surface area contributed by atoms with Gasteiger partial charge in [-0.05, 0) is 37.5 Å². The summed E-state index contributed by atoms with van der Waals surface area (Å²) in [7, 11) is 0. The highest BCUT2D eigenvalue weighted by molar-refractivity contribution is 5.46. The minimum absolute atomic E-state index is 0.144. The molecule has 1 heterocycles. The molecule has 3 rings (SSSR count). The lowest BCUT2D eigenvalue weighted by Gasteiger charge is -2.39. The third kappa shape index (κ3) is 5.80. The Morgan fingerprint density at radius 2 is 1.41 bits per heavy atom. The van der Waals surface area contributed by atoms with Gasteiger partial charge >= 0.3 is 0 Å². The minimum atomic E-state index is 0.144. The van der Waals surface area contributed by atoms with Crippen molar-refractivity contribution in [3.8, 4) is 0 Å². The lowest BCUT2D eigenvalue weighted by Crippen LogP contribution is -2.49. The van der Waals surface area contributed by atoms with Crippen molar-refractivity contribution in [2.75, 3.05) is 37.6 Å². The number of rotatable bonds is 8. The van der Waals surface area contributed by atoms with Crippen LogP contribution >= 0.6 is 0 Å². The molecule has 1 aliphatic heterocycles. The molecule has 2 aromatic carbocycles. The third-order valence-electron chi connectivity index (χ3n) is 5.65. The molecule has 4 heteroatoms. The number of para-hydroxylation sites is 1. The van der Waals surface area contributed by atoms with Crippen LogP contribution in [0, 0.1) is 0 Å². The summed E-state index contributed by atoms with van der Waals surface area (Å²) in [6.07, 6.45) is 1.95. The highest BCUT2D eigenvalue weighted by atomic mass is 15.3. The van der Waals surface area contributed by atoms with E-state index in [9.17, 15) is 0 Å². The van der Waals surface area contributed by atoms with E-state index in [1.807, 2.05) is 0 Å². The summed E-state index contributed by atoms with van der Waals surface area (Å²) in [5.41, 5.74) is 15.3. The zero-order chi connectivity index (χ0) is 19.1. The topological polar surface area (TPSA) is 58.5 Å². The predicted molar refractivity (Wildman–Crippen MR) is 115 cm³/mol. The van der Waals surface area contributed by atoms with Gasteiger partial charge in [0.15, 0.2) is 0 Å². The van der Waals surface area contributed by atoms with Gasteiger partial charge in [0.1, 0.15) is 0 Å². The normalized spacial score (nSPS) is 18.9. The van der Waals surface area contributed by atoms with Gasteiger partial charge < -0.3 is 16.4 Å². The fourth-order valence-electron chi connectivity index (χ4n) is 3.95. The van der Waals surface area contributed by atoms with E-state index in [4.69, 9.17) is 11.5 Å². The quantitative estimate of drug-likeness (QED) is 0.754. The number of hydrogen-bond acceptors (Lipinski definition) is 4. The molecule has 1 saturated heterocycles. The zero-order valence-corrected chi connectivity index (χ0v) is 16.5. The van der Waals surface area contributed by atoms with Crippen LogP contribution in [0.4, 0.5) is 5.69 Å². The number of nitrogens with two attached hydrogens (primary N) is 2. The maximum Gasteiger partial charge on any atom is 0.0367 e. The van der Waals surface area contributed by atoms with Crippen LogP contribution < -0.4 is 16.4 Å². The van der Waals surface area contributed by atoms with Gasteiger partial charge in [0.05, 0.1) is 0 Å². The molecule has 146 valence electrons.